The molecule has 3 rings (SSSR count). The summed E-state index contributed by atoms with van der Waals surface area (Å²) in [4.78, 5) is 16.1. The van der Waals surface area contributed by atoms with E-state index in [1.54, 1.807) is 17.1 Å². The summed E-state index contributed by atoms with van der Waals surface area (Å²) in [6, 6.07) is 5.59. The fourth-order valence-electron chi connectivity index (χ4n) is 2.14. The van der Waals surface area contributed by atoms with Gasteiger partial charge in [-0.1, -0.05) is 12.1 Å². The Bertz CT molecular complexity index is 653. The number of ether oxygens (including phenoxy) is 2. The van der Waals surface area contributed by atoms with E-state index in [9.17, 15) is 4.79 Å². The van der Waals surface area contributed by atoms with E-state index in [4.69, 9.17) is 15.2 Å². The van der Waals surface area contributed by atoms with Crippen molar-refractivity contribution in [2.45, 2.75) is 13.1 Å². The zero-order valence-electron chi connectivity index (χ0n) is 11.4. The zero-order chi connectivity index (χ0) is 14.7. The number of aromatic nitrogens is 2. The molecular weight excluding hydrogens is 272 g/mol. The number of imidazole rings is 1. The molecule has 7 heteroatoms. The molecular formula is C14H16N4O3. The summed E-state index contributed by atoms with van der Waals surface area (Å²) in [7, 11) is 0. The van der Waals surface area contributed by atoms with Crippen LogP contribution in [0.3, 0.4) is 0 Å². The molecule has 21 heavy (non-hydrogen) atoms. The molecule has 0 saturated carbocycles. The van der Waals surface area contributed by atoms with E-state index in [1.165, 1.54) is 0 Å². The third-order valence-corrected chi connectivity index (χ3v) is 3.17. The second-order valence-electron chi connectivity index (χ2n) is 4.62. The predicted octanol–water partition coefficient (Wildman–Crippen LogP) is 0.500. The topological polar surface area (TPSA) is 91.4 Å². The van der Waals surface area contributed by atoms with Crippen LogP contribution >= 0.6 is 0 Å². The monoisotopic (exact) mass is 288 g/mol. The lowest BCUT2D eigenvalue weighted by molar-refractivity contribution is 0.0946. The molecule has 0 saturated heterocycles. The van der Waals surface area contributed by atoms with Crippen molar-refractivity contribution in [2.75, 3.05) is 13.3 Å². The number of amides is 1. The highest BCUT2D eigenvalue weighted by atomic mass is 16.7. The molecule has 2 aromatic rings. The lowest BCUT2D eigenvalue weighted by Gasteiger charge is -2.06. The van der Waals surface area contributed by atoms with Crippen molar-refractivity contribution in [3.05, 3.63) is 42.0 Å². The lowest BCUT2D eigenvalue weighted by Crippen LogP contribution is -2.23. The van der Waals surface area contributed by atoms with E-state index in [0.717, 1.165) is 5.56 Å². The Labute approximate surface area is 121 Å². The summed E-state index contributed by atoms with van der Waals surface area (Å²) in [5, 5.41) is 2.82. The van der Waals surface area contributed by atoms with E-state index in [0.29, 0.717) is 36.8 Å². The van der Waals surface area contributed by atoms with Gasteiger partial charge in [0.15, 0.2) is 11.5 Å². The molecule has 0 unspecified atom stereocenters. The Kier molecular flexibility index (Phi) is 3.74. The number of nitrogens with two attached hydrogens (primary N) is 1. The summed E-state index contributed by atoms with van der Waals surface area (Å²) in [5.41, 5.74) is 6.70. The van der Waals surface area contributed by atoms with Gasteiger partial charge in [-0.2, -0.15) is 0 Å². The van der Waals surface area contributed by atoms with Gasteiger partial charge in [0, 0.05) is 31.4 Å². The molecule has 1 amide bonds. The van der Waals surface area contributed by atoms with Crippen molar-refractivity contribution in [1.82, 2.24) is 14.9 Å². The molecule has 1 aliphatic rings. The van der Waals surface area contributed by atoms with Crippen LogP contribution in [0.15, 0.2) is 30.7 Å². The van der Waals surface area contributed by atoms with Gasteiger partial charge in [0.1, 0.15) is 5.69 Å². The Hall–Kier alpha value is -2.54. The predicted molar refractivity (Wildman–Crippen MR) is 75.0 cm³/mol. The number of hydrogen-bond acceptors (Lipinski definition) is 5. The van der Waals surface area contributed by atoms with Crippen molar-refractivity contribution in [2.24, 2.45) is 5.73 Å². The van der Waals surface area contributed by atoms with Crippen LogP contribution in [0.5, 0.6) is 11.5 Å². The van der Waals surface area contributed by atoms with Gasteiger partial charge < -0.3 is 25.1 Å². The SMILES string of the molecule is NCCn1cnc(C(=O)NCc2cccc3c2OCO3)c1. The lowest BCUT2D eigenvalue weighted by atomic mass is 10.2. The van der Waals surface area contributed by atoms with Crippen LogP contribution < -0.4 is 20.5 Å². The van der Waals surface area contributed by atoms with Crippen LogP contribution in [0.1, 0.15) is 16.1 Å². The smallest absolute Gasteiger partial charge is 0.271 e. The van der Waals surface area contributed by atoms with Gasteiger partial charge in [-0.15, -0.1) is 0 Å². The van der Waals surface area contributed by atoms with Gasteiger partial charge in [-0.05, 0) is 6.07 Å². The molecule has 0 aliphatic carbocycles. The second kappa shape index (κ2) is 5.84. The molecule has 3 N–H and O–H groups in total. The van der Waals surface area contributed by atoms with Gasteiger partial charge in [0.2, 0.25) is 6.79 Å². The molecule has 0 atom stereocenters. The molecule has 0 bridgehead atoms. The van der Waals surface area contributed by atoms with Crippen LogP contribution in [0, 0.1) is 0 Å². The Morgan fingerprint density at radius 2 is 2.33 bits per heavy atom. The van der Waals surface area contributed by atoms with Crippen LogP contribution in [0.25, 0.3) is 0 Å². The van der Waals surface area contributed by atoms with Gasteiger partial charge in [0.25, 0.3) is 5.91 Å². The second-order valence-corrected chi connectivity index (χ2v) is 4.62. The van der Waals surface area contributed by atoms with Gasteiger partial charge >= 0.3 is 0 Å². The highest BCUT2D eigenvalue weighted by Crippen LogP contribution is 2.35. The van der Waals surface area contributed by atoms with Crippen LogP contribution in [-0.4, -0.2) is 28.8 Å². The number of nitrogens with one attached hydrogen (secondary N) is 1. The van der Waals surface area contributed by atoms with Crippen molar-refractivity contribution >= 4 is 5.91 Å². The summed E-state index contributed by atoms with van der Waals surface area (Å²) >= 11 is 0. The summed E-state index contributed by atoms with van der Waals surface area (Å²) < 4.78 is 12.5. The van der Waals surface area contributed by atoms with Crippen molar-refractivity contribution in [3.63, 3.8) is 0 Å². The van der Waals surface area contributed by atoms with Crippen molar-refractivity contribution in [3.8, 4) is 11.5 Å². The average molecular weight is 288 g/mol. The minimum atomic E-state index is -0.234. The largest absolute Gasteiger partial charge is 0.454 e. The average Bonchev–Trinajstić information content (AvgIpc) is 3.13. The number of nitrogens with zero attached hydrogens (tertiary/aromatic N) is 2. The number of carbonyl (C=O) groups excluding carboxylic acids is 1. The Balaban J connectivity index is 1.64. The first kappa shape index (κ1) is 13.4. The van der Waals surface area contributed by atoms with Gasteiger partial charge in [-0.25, -0.2) is 4.98 Å². The molecule has 7 nitrogen and oxygen atoms in total. The maximum Gasteiger partial charge on any atom is 0.271 e. The van der Waals surface area contributed by atoms with E-state index in [2.05, 4.69) is 10.3 Å². The van der Waals surface area contributed by atoms with Crippen LogP contribution in [0.4, 0.5) is 0 Å². The first-order valence-corrected chi connectivity index (χ1v) is 6.65. The Morgan fingerprint density at radius 1 is 1.43 bits per heavy atom. The fraction of sp³-hybridized carbons (Fsp3) is 0.286. The first-order chi connectivity index (χ1) is 10.3. The third kappa shape index (κ3) is 2.82. The number of hydrogen-bond donors (Lipinski definition) is 2. The molecule has 1 aromatic carbocycles. The van der Waals surface area contributed by atoms with E-state index >= 15 is 0 Å². The van der Waals surface area contributed by atoms with Crippen LogP contribution in [-0.2, 0) is 13.1 Å². The minimum absolute atomic E-state index is 0.212. The van der Waals surface area contributed by atoms with E-state index < -0.39 is 0 Å². The molecule has 110 valence electrons. The molecule has 1 aliphatic heterocycles. The summed E-state index contributed by atoms with van der Waals surface area (Å²) in [6.07, 6.45) is 3.27. The maximum absolute atomic E-state index is 12.0. The number of benzene rings is 1. The van der Waals surface area contributed by atoms with E-state index in [-0.39, 0.29) is 12.7 Å². The van der Waals surface area contributed by atoms with E-state index in [1.807, 2.05) is 18.2 Å². The fourth-order valence-corrected chi connectivity index (χ4v) is 2.14. The summed E-state index contributed by atoms with van der Waals surface area (Å²) in [5.74, 6) is 1.16. The van der Waals surface area contributed by atoms with Gasteiger partial charge in [-0.3, -0.25) is 4.79 Å². The van der Waals surface area contributed by atoms with Crippen LogP contribution in [0.2, 0.25) is 0 Å². The standard InChI is InChI=1S/C14H16N4O3/c15-4-5-18-7-11(17-8-18)14(19)16-6-10-2-1-3-12-13(10)21-9-20-12/h1-3,7-8H,4-6,9,15H2,(H,16,19). The highest BCUT2D eigenvalue weighted by molar-refractivity contribution is 5.92. The number of para-hydroxylation sites is 1. The molecule has 0 spiro atoms. The zero-order valence-corrected chi connectivity index (χ0v) is 11.4. The first-order valence-electron chi connectivity index (χ1n) is 6.65. The summed E-state index contributed by atoms with van der Waals surface area (Å²) in [6.45, 7) is 1.71. The van der Waals surface area contributed by atoms with Crippen molar-refractivity contribution in [1.29, 1.82) is 0 Å². The molecule has 2 heterocycles. The maximum atomic E-state index is 12.0. The minimum Gasteiger partial charge on any atom is -0.454 e. The molecule has 1 aromatic heterocycles. The normalized spacial score (nSPS) is 12.4. The Morgan fingerprint density at radius 3 is 3.19 bits per heavy atom. The number of rotatable bonds is 5. The van der Waals surface area contributed by atoms with Crippen molar-refractivity contribution < 1.29 is 14.3 Å². The number of fused-ring (bicyclic) bond motifs is 1. The molecule has 0 fully saturated rings. The number of carbonyl (C=O) groups is 1. The molecule has 0 radical (unpaired) electrons. The highest BCUT2D eigenvalue weighted by Gasteiger charge is 2.18. The quantitative estimate of drug-likeness (QED) is 0.836. The third-order valence-electron chi connectivity index (χ3n) is 3.17. The van der Waals surface area contributed by atoms with Gasteiger partial charge in [0.05, 0.1) is 6.33 Å².